The summed E-state index contributed by atoms with van der Waals surface area (Å²) in [5.74, 6) is 0.722. The molecule has 1 aromatic heterocycles. The molecule has 0 unspecified atom stereocenters. The number of imidazole rings is 1. The van der Waals surface area contributed by atoms with Crippen molar-refractivity contribution in [3.05, 3.63) is 146 Å². The first-order valence-corrected chi connectivity index (χ1v) is 16.0. The minimum atomic E-state index is -3.83. The van der Waals surface area contributed by atoms with Crippen molar-refractivity contribution >= 4 is 42.4 Å². The van der Waals surface area contributed by atoms with E-state index in [2.05, 4.69) is 66.7 Å². The summed E-state index contributed by atoms with van der Waals surface area (Å²) in [6.45, 7) is 0. The van der Waals surface area contributed by atoms with Gasteiger partial charge in [0.15, 0.2) is 0 Å². The Morgan fingerprint density at radius 2 is 1.18 bits per heavy atom. The second-order valence-electron chi connectivity index (χ2n) is 11.2. The number of aromatic nitrogens is 2. The zero-order chi connectivity index (χ0) is 29.4. The predicted octanol–water partition coefficient (Wildman–Crippen LogP) is 9.48. The Morgan fingerprint density at radius 1 is 0.523 bits per heavy atom. The topological polar surface area (TPSA) is 52.0 Å². The van der Waals surface area contributed by atoms with Gasteiger partial charge in [0.05, 0.1) is 21.6 Å². The van der Waals surface area contributed by atoms with Gasteiger partial charge in [0.25, 0.3) is 0 Å². The number of para-hydroxylation sites is 1. The number of benzene rings is 7. The number of sulfone groups is 1. The van der Waals surface area contributed by atoms with Crippen LogP contribution in [-0.2, 0) is 9.84 Å². The molecule has 44 heavy (non-hydrogen) atoms. The highest BCUT2D eigenvalue weighted by molar-refractivity contribution is 7.92. The quantitative estimate of drug-likeness (QED) is 0.194. The molecule has 5 heteroatoms. The van der Waals surface area contributed by atoms with Crippen LogP contribution in [0.25, 0.3) is 71.9 Å². The number of hydrogen-bond donors (Lipinski definition) is 0. The third-order valence-electron chi connectivity index (χ3n) is 8.74. The highest BCUT2D eigenvalue weighted by Gasteiger charge is 2.35. The molecule has 0 fully saturated rings. The molecular formula is C39H24N2O2S. The molecule has 0 atom stereocenters. The molecule has 1 aliphatic heterocycles. The van der Waals surface area contributed by atoms with Crippen molar-refractivity contribution in [3.63, 3.8) is 0 Å². The van der Waals surface area contributed by atoms with Crippen LogP contribution in [0.4, 0.5) is 0 Å². The van der Waals surface area contributed by atoms with Gasteiger partial charge >= 0.3 is 0 Å². The maximum absolute atomic E-state index is 14.3. The molecule has 0 saturated carbocycles. The monoisotopic (exact) mass is 584 g/mol. The smallest absolute Gasteiger partial charge is 0.211 e. The first-order valence-electron chi connectivity index (χ1n) is 14.6. The molecule has 0 bridgehead atoms. The summed E-state index contributed by atoms with van der Waals surface area (Å²) in [7, 11) is -3.83. The van der Waals surface area contributed by atoms with Gasteiger partial charge in [-0.2, -0.15) is 0 Å². The predicted molar refractivity (Wildman–Crippen MR) is 178 cm³/mol. The van der Waals surface area contributed by atoms with Gasteiger partial charge < -0.3 is 0 Å². The van der Waals surface area contributed by atoms with Crippen LogP contribution in [0.2, 0.25) is 0 Å². The minimum Gasteiger partial charge on any atom is -0.290 e. The van der Waals surface area contributed by atoms with E-state index in [1.54, 1.807) is 12.1 Å². The summed E-state index contributed by atoms with van der Waals surface area (Å²) in [5, 5.41) is 4.82. The standard InChI is InChI=1S/C39H24N2O2S/c42-44(43)36-19-9-17-34-37(36)41(39(40-34)27-10-2-1-3-11-27)35-18-8-16-30(38(35)44)25-20-22-26(23-21-25)33-24-28-12-4-5-13-29(28)31-14-6-7-15-32(31)33/h1-24H. The Balaban J connectivity index is 1.25. The molecule has 9 rings (SSSR count). The van der Waals surface area contributed by atoms with Crippen LogP contribution in [0.1, 0.15) is 0 Å². The lowest BCUT2D eigenvalue weighted by atomic mass is 9.92. The SMILES string of the molecule is O=S1(=O)c2c(-c3ccc(-c4cc5ccccc5c5ccccc45)cc3)cccc2-n2c(-c3ccccc3)nc3cccc1c32. The lowest BCUT2D eigenvalue weighted by Crippen LogP contribution is -2.16. The minimum absolute atomic E-state index is 0.281. The van der Waals surface area contributed by atoms with Gasteiger partial charge in [-0.25, -0.2) is 13.4 Å². The lowest BCUT2D eigenvalue weighted by molar-refractivity contribution is 0.595. The van der Waals surface area contributed by atoms with E-state index >= 15 is 0 Å². The van der Waals surface area contributed by atoms with E-state index in [1.807, 2.05) is 71.3 Å². The lowest BCUT2D eigenvalue weighted by Gasteiger charge is -2.23. The van der Waals surface area contributed by atoms with Crippen molar-refractivity contribution in [2.75, 3.05) is 0 Å². The van der Waals surface area contributed by atoms with E-state index < -0.39 is 9.84 Å². The summed E-state index contributed by atoms with van der Waals surface area (Å²) in [6, 6.07) is 48.4. The van der Waals surface area contributed by atoms with Gasteiger partial charge in [0.2, 0.25) is 9.84 Å². The highest BCUT2D eigenvalue weighted by atomic mass is 32.2. The van der Waals surface area contributed by atoms with Crippen LogP contribution in [0, 0.1) is 0 Å². The van der Waals surface area contributed by atoms with Gasteiger partial charge in [-0.3, -0.25) is 4.57 Å². The third-order valence-corrected chi connectivity index (χ3v) is 10.6. The zero-order valence-corrected chi connectivity index (χ0v) is 24.3. The van der Waals surface area contributed by atoms with Crippen molar-refractivity contribution in [1.82, 2.24) is 9.55 Å². The number of hydrogen-bond acceptors (Lipinski definition) is 3. The Morgan fingerprint density at radius 3 is 1.98 bits per heavy atom. The second-order valence-corrected chi connectivity index (χ2v) is 13.0. The summed E-state index contributed by atoms with van der Waals surface area (Å²) < 4.78 is 30.7. The Kier molecular flexibility index (Phi) is 5.25. The fraction of sp³-hybridized carbons (Fsp3) is 0. The fourth-order valence-electron chi connectivity index (χ4n) is 6.77. The Hall–Kier alpha value is -5.52. The van der Waals surface area contributed by atoms with Gasteiger partial charge in [0.1, 0.15) is 10.7 Å². The maximum Gasteiger partial charge on any atom is 0.211 e. The summed E-state index contributed by atoms with van der Waals surface area (Å²) in [5.41, 5.74) is 6.57. The van der Waals surface area contributed by atoms with Crippen LogP contribution in [0.15, 0.2) is 155 Å². The van der Waals surface area contributed by atoms with Crippen LogP contribution >= 0.6 is 0 Å². The normalized spacial score (nSPS) is 13.4. The van der Waals surface area contributed by atoms with Crippen LogP contribution < -0.4 is 0 Å². The first-order chi connectivity index (χ1) is 21.6. The second kappa shape index (κ2) is 9.24. The van der Waals surface area contributed by atoms with Crippen LogP contribution in [0.3, 0.4) is 0 Å². The van der Waals surface area contributed by atoms with Crippen molar-refractivity contribution in [3.8, 4) is 39.3 Å². The number of rotatable bonds is 3. The Labute approximate surface area is 254 Å². The largest absolute Gasteiger partial charge is 0.290 e. The molecule has 208 valence electrons. The van der Waals surface area contributed by atoms with Crippen molar-refractivity contribution in [2.24, 2.45) is 0 Å². The average molecular weight is 585 g/mol. The van der Waals surface area contributed by atoms with Gasteiger partial charge in [0, 0.05) is 11.1 Å². The molecule has 0 radical (unpaired) electrons. The maximum atomic E-state index is 14.3. The first kappa shape index (κ1) is 25.0. The van der Waals surface area contributed by atoms with E-state index in [0.29, 0.717) is 27.2 Å². The van der Waals surface area contributed by atoms with E-state index in [9.17, 15) is 8.42 Å². The molecule has 0 saturated heterocycles. The summed E-state index contributed by atoms with van der Waals surface area (Å²) >= 11 is 0. The van der Waals surface area contributed by atoms with E-state index in [4.69, 9.17) is 4.98 Å². The summed E-state index contributed by atoms with van der Waals surface area (Å²) in [4.78, 5) is 5.50. The molecule has 8 aromatic rings. The number of nitrogens with zero attached hydrogens (tertiary/aromatic N) is 2. The molecular weight excluding hydrogens is 561 g/mol. The molecule has 1 aliphatic rings. The van der Waals surface area contributed by atoms with Crippen LogP contribution in [-0.4, -0.2) is 18.0 Å². The molecule has 7 aromatic carbocycles. The fourth-order valence-corrected chi connectivity index (χ4v) is 8.61. The molecule has 0 spiro atoms. The van der Waals surface area contributed by atoms with Crippen molar-refractivity contribution < 1.29 is 8.42 Å². The zero-order valence-electron chi connectivity index (χ0n) is 23.5. The molecule has 0 amide bonds. The van der Waals surface area contributed by atoms with E-state index in [0.717, 1.165) is 28.1 Å². The van der Waals surface area contributed by atoms with Crippen molar-refractivity contribution in [2.45, 2.75) is 9.79 Å². The van der Waals surface area contributed by atoms with Gasteiger partial charge in [-0.1, -0.05) is 121 Å². The molecule has 0 aliphatic carbocycles. The molecule has 0 N–H and O–H groups in total. The Bertz CT molecular complexity index is 2550. The third kappa shape index (κ3) is 3.50. The average Bonchev–Trinajstić information content (AvgIpc) is 3.47. The molecule has 4 nitrogen and oxygen atoms in total. The number of fused-ring (bicyclic) bond motifs is 5. The highest BCUT2D eigenvalue weighted by Crippen LogP contribution is 2.45. The summed E-state index contributed by atoms with van der Waals surface area (Å²) in [6.07, 6.45) is 0. The van der Waals surface area contributed by atoms with E-state index in [-0.39, 0.29) is 4.90 Å². The van der Waals surface area contributed by atoms with Gasteiger partial charge in [-0.05, 0) is 62.5 Å². The van der Waals surface area contributed by atoms with Crippen molar-refractivity contribution in [1.29, 1.82) is 0 Å². The van der Waals surface area contributed by atoms with Crippen LogP contribution in [0.5, 0.6) is 0 Å². The molecule has 2 heterocycles. The van der Waals surface area contributed by atoms with E-state index in [1.165, 1.54) is 21.5 Å². The van der Waals surface area contributed by atoms with Gasteiger partial charge in [-0.15, -0.1) is 0 Å².